The molecule has 2 N–H and O–H groups in total. The first-order chi connectivity index (χ1) is 7.65. The summed E-state index contributed by atoms with van der Waals surface area (Å²) in [5.74, 6) is -0.801. The van der Waals surface area contributed by atoms with Crippen LogP contribution in [0.2, 0.25) is 0 Å². The molecule has 0 bridgehead atoms. The van der Waals surface area contributed by atoms with Gasteiger partial charge >= 0.3 is 6.18 Å². The van der Waals surface area contributed by atoms with Gasteiger partial charge in [-0.15, -0.1) is 0 Å². The first-order valence-corrected chi connectivity index (χ1v) is 6.59. The molecular formula is C8H12F3N3O2S. The Bertz CT molecular complexity index is 493. The number of hydrogen-bond acceptors (Lipinski definition) is 4. The van der Waals surface area contributed by atoms with Crippen molar-refractivity contribution in [3.63, 3.8) is 0 Å². The molecule has 0 aliphatic carbocycles. The number of sulfone groups is 1. The Balaban J connectivity index is 2.93. The molecular weight excluding hydrogens is 259 g/mol. The molecule has 0 aliphatic heterocycles. The van der Waals surface area contributed by atoms with E-state index in [0.29, 0.717) is 10.7 Å². The number of nitrogen functional groups attached to an aromatic ring is 1. The van der Waals surface area contributed by atoms with Crippen molar-refractivity contribution in [2.75, 3.05) is 17.2 Å². The van der Waals surface area contributed by atoms with Crippen molar-refractivity contribution >= 4 is 15.7 Å². The maximum atomic E-state index is 12.5. The van der Waals surface area contributed by atoms with Gasteiger partial charge in [0.05, 0.1) is 12.3 Å². The zero-order chi connectivity index (χ0) is 13.3. The molecule has 0 radical (unpaired) electrons. The fourth-order valence-electron chi connectivity index (χ4n) is 1.21. The maximum absolute atomic E-state index is 12.5. The van der Waals surface area contributed by atoms with Gasteiger partial charge in [0, 0.05) is 11.8 Å². The van der Waals surface area contributed by atoms with Crippen LogP contribution in [0.3, 0.4) is 0 Å². The van der Waals surface area contributed by atoms with Crippen LogP contribution in [0.4, 0.5) is 19.0 Å². The Morgan fingerprint density at radius 2 is 2.06 bits per heavy atom. The molecule has 0 aliphatic rings. The highest BCUT2D eigenvalue weighted by Crippen LogP contribution is 2.30. The van der Waals surface area contributed by atoms with Crippen LogP contribution in [0.25, 0.3) is 0 Å². The van der Waals surface area contributed by atoms with E-state index in [1.807, 2.05) is 0 Å². The van der Waals surface area contributed by atoms with E-state index in [1.54, 1.807) is 0 Å². The summed E-state index contributed by atoms with van der Waals surface area (Å²) in [6, 6.07) is 0.679. The van der Waals surface area contributed by atoms with E-state index in [4.69, 9.17) is 5.73 Å². The second-order valence-corrected chi connectivity index (χ2v) is 5.88. The van der Waals surface area contributed by atoms with Gasteiger partial charge in [-0.3, -0.25) is 4.68 Å². The SMILES string of the molecule is CCS(=O)(=O)CCn1nc(N)cc1C(F)(F)F. The smallest absolute Gasteiger partial charge is 0.382 e. The minimum absolute atomic E-state index is 0.120. The third-order valence-electron chi connectivity index (χ3n) is 2.14. The van der Waals surface area contributed by atoms with Crippen LogP contribution >= 0.6 is 0 Å². The normalized spacial score (nSPS) is 12.9. The summed E-state index contributed by atoms with van der Waals surface area (Å²) in [4.78, 5) is 0. The average Bonchev–Trinajstić information content (AvgIpc) is 2.57. The minimum atomic E-state index is -4.60. The molecule has 0 atom stereocenters. The van der Waals surface area contributed by atoms with E-state index in [1.165, 1.54) is 6.92 Å². The molecule has 0 saturated heterocycles. The highest BCUT2D eigenvalue weighted by atomic mass is 32.2. The summed E-state index contributed by atoms with van der Waals surface area (Å²) < 4.78 is 60.4. The molecule has 1 aromatic rings. The van der Waals surface area contributed by atoms with E-state index in [-0.39, 0.29) is 18.1 Å². The second kappa shape index (κ2) is 4.55. The summed E-state index contributed by atoms with van der Waals surface area (Å²) in [6.07, 6.45) is -4.60. The van der Waals surface area contributed by atoms with Crippen LogP contribution in [0.1, 0.15) is 12.6 Å². The van der Waals surface area contributed by atoms with Crippen molar-refractivity contribution < 1.29 is 21.6 Å². The van der Waals surface area contributed by atoms with Crippen LogP contribution in [0.15, 0.2) is 6.07 Å². The largest absolute Gasteiger partial charge is 0.433 e. The number of nitrogens with two attached hydrogens (primary N) is 1. The third kappa shape index (κ3) is 3.62. The molecule has 0 fully saturated rings. The highest BCUT2D eigenvalue weighted by molar-refractivity contribution is 7.91. The molecule has 1 aromatic heterocycles. The lowest BCUT2D eigenvalue weighted by Gasteiger charge is -2.09. The molecule has 17 heavy (non-hydrogen) atoms. The lowest BCUT2D eigenvalue weighted by atomic mass is 10.4. The summed E-state index contributed by atoms with van der Waals surface area (Å²) >= 11 is 0. The van der Waals surface area contributed by atoms with Gasteiger partial charge in [0.25, 0.3) is 0 Å². The number of hydrogen-bond donors (Lipinski definition) is 1. The van der Waals surface area contributed by atoms with Crippen molar-refractivity contribution in [2.24, 2.45) is 0 Å². The highest BCUT2D eigenvalue weighted by Gasteiger charge is 2.35. The second-order valence-electron chi connectivity index (χ2n) is 3.41. The molecule has 1 rings (SSSR count). The predicted octanol–water partition coefficient (Wildman–Crippen LogP) is 0.919. The summed E-state index contributed by atoms with van der Waals surface area (Å²) in [7, 11) is -3.34. The molecule has 0 amide bonds. The molecule has 98 valence electrons. The zero-order valence-corrected chi connectivity index (χ0v) is 9.85. The monoisotopic (exact) mass is 271 g/mol. The predicted molar refractivity (Wildman–Crippen MR) is 56.0 cm³/mol. The molecule has 0 unspecified atom stereocenters. The van der Waals surface area contributed by atoms with Gasteiger partial charge in [0.2, 0.25) is 0 Å². The number of aryl methyl sites for hydroxylation is 1. The van der Waals surface area contributed by atoms with Gasteiger partial charge in [-0.25, -0.2) is 8.42 Å². The Morgan fingerprint density at radius 1 is 1.47 bits per heavy atom. The Kier molecular flexibility index (Phi) is 3.70. The van der Waals surface area contributed by atoms with Crippen LogP contribution in [-0.2, 0) is 22.6 Å². The fraction of sp³-hybridized carbons (Fsp3) is 0.625. The Morgan fingerprint density at radius 3 is 2.53 bits per heavy atom. The first kappa shape index (κ1) is 13.8. The number of halogens is 3. The number of anilines is 1. The Labute approximate surface area is 96.3 Å². The van der Waals surface area contributed by atoms with E-state index < -0.39 is 27.5 Å². The first-order valence-electron chi connectivity index (χ1n) is 4.76. The molecule has 5 nitrogen and oxygen atoms in total. The van der Waals surface area contributed by atoms with Crippen molar-refractivity contribution in [3.05, 3.63) is 11.8 Å². The van der Waals surface area contributed by atoms with E-state index in [2.05, 4.69) is 5.10 Å². The van der Waals surface area contributed by atoms with Gasteiger partial charge in [-0.2, -0.15) is 18.3 Å². The molecule has 1 heterocycles. The van der Waals surface area contributed by atoms with Gasteiger partial charge < -0.3 is 5.73 Å². The lowest BCUT2D eigenvalue weighted by Crippen LogP contribution is -2.20. The van der Waals surface area contributed by atoms with Gasteiger partial charge in [0.15, 0.2) is 9.84 Å². The van der Waals surface area contributed by atoms with Crippen molar-refractivity contribution in [1.82, 2.24) is 9.78 Å². The molecule has 0 aromatic carbocycles. The molecule has 9 heteroatoms. The van der Waals surface area contributed by atoms with Gasteiger partial charge in [-0.1, -0.05) is 6.92 Å². The zero-order valence-electron chi connectivity index (χ0n) is 9.03. The van der Waals surface area contributed by atoms with Gasteiger partial charge in [0.1, 0.15) is 11.5 Å². The van der Waals surface area contributed by atoms with Crippen molar-refractivity contribution in [3.8, 4) is 0 Å². The van der Waals surface area contributed by atoms with E-state index in [0.717, 1.165) is 0 Å². The Hall–Kier alpha value is -1.25. The summed E-state index contributed by atoms with van der Waals surface area (Å²) in [5.41, 5.74) is 4.13. The van der Waals surface area contributed by atoms with Crippen molar-refractivity contribution in [1.29, 1.82) is 0 Å². The number of rotatable bonds is 4. The maximum Gasteiger partial charge on any atom is 0.433 e. The third-order valence-corrected chi connectivity index (χ3v) is 3.83. The quantitative estimate of drug-likeness (QED) is 0.883. The van der Waals surface area contributed by atoms with Crippen LogP contribution < -0.4 is 5.73 Å². The minimum Gasteiger partial charge on any atom is -0.382 e. The van der Waals surface area contributed by atoms with Crippen molar-refractivity contribution in [2.45, 2.75) is 19.6 Å². The van der Waals surface area contributed by atoms with Crippen LogP contribution in [-0.4, -0.2) is 29.7 Å². The number of alkyl halides is 3. The van der Waals surface area contributed by atoms with Crippen LogP contribution in [0, 0.1) is 0 Å². The molecule has 0 saturated carbocycles. The lowest BCUT2D eigenvalue weighted by molar-refractivity contribution is -0.144. The van der Waals surface area contributed by atoms with E-state index >= 15 is 0 Å². The number of nitrogens with zero attached hydrogens (tertiary/aromatic N) is 2. The van der Waals surface area contributed by atoms with E-state index in [9.17, 15) is 21.6 Å². The van der Waals surface area contributed by atoms with Gasteiger partial charge in [-0.05, 0) is 0 Å². The molecule has 0 spiro atoms. The summed E-state index contributed by atoms with van der Waals surface area (Å²) in [5, 5.41) is 3.42. The standard InChI is InChI=1S/C8H12F3N3O2S/c1-2-17(15,16)4-3-14-6(8(9,10)11)5-7(12)13-14/h5H,2-4H2,1H3,(H2,12,13). The fourth-order valence-corrected chi connectivity index (χ4v) is 1.95. The average molecular weight is 271 g/mol. The van der Waals surface area contributed by atoms with Crippen LogP contribution in [0.5, 0.6) is 0 Å². The topological polar surface area (TPSA) is 78.0 Å². The summed E-state index contributed by atoms with van der Waals surface area (Å²) in [6.45, 7) is 1.07. The number of aromatic nitrogens is 2.